The molecule has 1 saturated heterocycles. The molecule has 34 heavy (non-hydrogen) atoms. The van der Waals surface area contributed by atoms with Gasteiger partial charge in [-0.25, -0.2) is 0 Å². The third kappa shape index (κ3) is 5.38. The van der Waals surface area contributed by atoms with E-state index >= 15 is 0 Å². The van der Waals surface area contributed by atoms with Gasteiger partial charge in [-0.2, -0.15) is 5.26 Å². The van der Waals surface area contributed by atoms with E-state index in [9.17, 15) is 14.9 Å². The van der Waals surface area contributed by atoms with Gasteiger partial charge in [-0.1, -0.05) is 90.1 Å². The molecule has 170 valence electrons. The Labute approximate surface area is 204 Å². The lowest BCUT2D eigenvalue weighted by Crippen LogP contribution is -2.32. The van der Waals surface area contributed by atoms with Crippen LogP contribution in [0.25, 0.3) is 0 Å². The lowest BCUT2D eigenvalue weighted by molar-refractivity contribution is -0.117. The number of nitrogens with one attached hydrogen (secondary N) is 1. The second-order valence-corrected chi connectivity index (χ2v) is 9.28. The SMILES string of the molecule is Cc1ccc(N2C(=O)C(Cc3ccccc3)S/C2=C(/C#N)C(=O)NCCc2ccccc2)cc1. The first-order valence-electron chi connectivity index (χ1n) is 11.1. The standard InChI is InChI=1S/C28H25N3O2S/c1-20-12-14-23(15-13-20)31-27(33)25(18-22-10-6-3-7-11-22)34-28(31)24(19-29)26(32)30-17-16-21-8-4-2-5-9-21/h2-15,25H,16-18H2,1H3,(H,30,32)/b28-24-. The van der Waals surface area contributed by atoms with Crippen molar-refractivity contribution >= 4 is 29.3 Å². The molecule has 0 radical (unpaired) electrons. The molecule has 1 unspecified atom stereocenters. The van der Waals surface area contributed by atoms with Gasteiger partial charge in [0.15, 0.2) is 0 Å². The Balaban J connectivity index is 1.61. The molecule has 0 saturated carbocycles. The second kappa shape index (κ2) is 10.9. The van der Waals surface area contributed by atoms with E-state index in [0.717, 1.165) is 16.7 Å². The third-order valence-corrected chi connectivity index (χ3v) is 6.87. The summed E-state index contributed by atoms with van der Waals surface area (Å²) in [4.78, 5) is 28.0. The highest BCUT2D eigenvalue weighted by Crippen LogP contribution is 2.41. The van der Waals surface area contributed by atoms with E-state index in [2.05, 4.69) is 11.4 Å². The fraction of sp³-hybridized carbons (Fsp3) is 0.179. The summed E-state index contributed by atoms with van der Waals surface area (Å²) >= 11 is 1.28. The largest absolute Gasteiger partial charge is 0.351 e. The van der Waals surface area contributed by atoms with Gasteiger partial charge >= 0.3 is 0 Å². The van der Waals surface area contributed by atoms with E-state index in [1.165, 1.54) is 16.7 Å². The molecule has 3 aromatic carbocycles. The number of anilines is 1. The van der Waals surface area contributed by atoms with E-state index in [0.29, 0.717) is 30.1 Å². The number of amides is 2. The number of carbonyl (C=O) groups excluding carboxylic acids is 2. The Morgan fingerprint density at radius 1 is 0.971 bits per heavy atom. The van der Waals surface area contributed by atoms with Gasteiger partial charge in [-0.3, -0.25) is 14.5 Å². The fourth-order valence-corrected chi connectivity index (χ4v) is 5.11. The van der Waals surface area contributed by atoms with Crippen molar-refractivity contribution < 1.29 is 9.59 Å². The highest BCUT2D eigenvalue weighted by atomic mass is 32.2. The average Bonchev–Trinajstić information content (AvgIpc) is 3.17. The van der Waals surface area contributed by atoms with Crippen LogP contribution >= 0.6 is 11.8 Å². The van der Waals surface area contributed by atoms with Crippen LogP contribution in [0.4, 0.5) is 5.69 Å². The van der Waals surface area contributed by atoms with Crippen LogP contribution in [0.2, 0.25) is 0 Å². The molecule has 5 nitrogen and oxygen atoms in total. The van der Waals surface area contributed by atoms with Crippen molar-refractivity contribution in [3.8, 4) is 6.07 Å². The Bertz CT molecular complexity index is 1230. The molecule has 0 bridgehead atoms. The van der Waals surface area contributed by atoms with Gasteiger partial charge in [0.1, 0.15) is 16.7 Å². The predicted octanol–water partition coefficient (Wildman–Crippen LogP) is 4.78. The predicted molar refractivity (Wildman–Crippen MR) is 136 cm³/mol. The van der Waals surface area contributed by atoms with Crippen molar-refractivity contribution in [1.82, 2.24) is 5.32 Å². The van der Waals surface area contributed by atoms with Crippen molar-refractivity contribution in [2.75, 3.05) is 11.4 Å². The minimum absolute atomic E-state index is 0.0393. The maximum Gasteiger partial charge on any atom is 0.264 e. The van der Waals surface area contributed by atoms with Gasteiger partial charge in [0.2, 0.25) is 5.91 Å². The third-order valence-electron chi connectivity index (χ3n) is 5.60. The molecule has 1 heterocycles. The van der Waals surface area contributed by atoms with Crippen molar-refractivity contribution in [1.29, 1.82) is 5.26 Å². The summed E-state index contributed by atoms with van der Waals surface area (Å²) in [5.41, 5.74) is 3.81. The number of rotatable bonds is 7. The summed E-state index contributed by atoms with van der Waals surface area (Å²) in [6.45, 7) is 2.37. The molecular formula is C28H25N3O2S. The molecule has 1 N–H and O–H groups in total. The zero-order chi connectivity index (χ0) is 23.9. The van der Waals surface area contributed by atoms with E-state index < -0.39 is 11.2 Å². The van der Waals surface area contributed by atoms with Gasteiger partial charge in [0.25, 0.3) is 5.91 Å². The van der Waals surface area contributed by atoms with Crippen LogP contribution in [0.5, 0.6) is 0 Å². The highest BCUT2D eigenvalue weighted by Gasteiger charge is 2.40. The number of hydrogen-bond donors (Lipinski definition) is 1. The Hall–Kier alpha value is -3.82. The Kier molecular flexibility index (Phi) is 7.46. The molecule has 0 aromatic heterocycles. The summed E-state index contributed by atoms with van der Waals surface area (Å²) in [5.74, 6) is -0.594. The van der Waals surface area contributed by atoms with E-state index in [1.807, 2.05) is 91.9 Å². The van der Waals surface area contributed by atoms with Gasteiger partial charge in [0, 0.05) is 12.2 Å². The molecule has 2 amide bonds. The van der Waals surface area contributed by atoms with Gasteiger partial charge in [-0.15, -0.1) is 0 Å². The van der Waals surface area contributed by atoms with Gasteiger partial charge in [-0.05, 0) is 43.0 Å². The van der Waals surface area contributed by atoms with Crippen LogP contribution in [-0.2, 0) is 22.4 Å². The van der Waals surface area contributed by atoms with Crippen LogP contribution in [-0.4, -0.2) is 23.6 Å². The molecule has 3 aromatic rings. The van der Waals surface area contributed by atoms with Crippen molar-refractivity contribution in [2.24, 2.45) is 0 Å². The van der Waals surface area contributed by atoms with Crippen LogP contribution in [0.15, 0.2) is 95.5 Å². The zero-order valence-electron chi connectivity index (χ0n) is 18.9. The van der Waals surface area contributed by atoms with Crippen molar-refractivity contribution in [3.05, 3.63) is 112 Å². The lowest BCUT2D eigenvalue weighted by atomic mass is 10.1. The smallest absolute Gasteiger partial charge is 0.264 e. The van der Waals surface area contributed by atoms with Crippen LogP contribution in [0.3, 0.4) is 0 Å². The summed E-state index contributed by atoms with van der Waals surface area (Å²) in [6.07, 6.45) is 1.18. The number of hydrogen-bond acceptors (Lipinski definition) is 4. The Morgan fingerprint density at radius 3 is 2.21 bits per heavy atom. The van der Waals surface area contributed by atoms with Crippen molar-refractivity contribution in [2.45, 2.75) is 25.0 Å². The van der Waals surface area contributed by atoms with Gasteiger partial charge in [0.05, 0.1) is 5.25 Å². The monoisotopic (exact) mass is 467 g/mol. The number of thioether (sulfide) groups is 1. The molecule has 0 aliphatic carbocycles. The molecule has 1 atom stereocenters. The summed E-state index contributed by atoms with van der Waals surface area (Å²) < 4.78 is 0. The fourth-order valence-electron chi connectivity index (χ4n) is 3.80. The van der Waals surface area contributed by atoms with Crippen LogP contribution in [0, 0.1) is 18.3 Å². The van der Waals surface area contributed by atoms with E-state index in [-0.39, 0.29) is 11.5 Å². The van der Waals surface area contributed by atoms with E-state index in [1.54, 1.807) is 0 Å². The second-order valence-electron chi connectivity index (χ2n) is 8.09. The first-order valence-corrected chi connectivity index (χ1v) is 12.0. The molecule has 1 aliphatic rings. The normalized spacial score (nSPS) is 16.8. The first kappa shape index (κ1) is 23.3. The molecule has 4 rings (SSSR count). The quantitative estimate of drug-likeness (QED) is 0.401. The van der Waals surface area contributed by atoms with Crippen molar-refractivity contribution in [3.63, 3.8) is 0 Å². The first-order chi connectivity index (χ1) is 16.6. The van der Waals surface area contributed by atoms with E-state index in [4.69, 9.17) is 0 Å². The summed E-state index contributed by atoms with van der Waals surface area (Å²) in [6, 6.07) is 29.2. The zero-order valence-corrected chi connectivity index (χ0v) is 19.7. The minimum atomic E-state index is -0.466. The summed E-state index contributed by atoms with van der Waals surface area (Å²) in [5, 5.41) is 12.7. The van der Waals surface area contributed by atoms with Gasteiger partial charge < -0.3 is 5.32 Å². The van der Waals surface area contributed by atoms with Crippen LogP contribution in [0.1, 0.15) is 16.7 Å². The highest BCUT2D eigenvalue weighted by molar-refractivity contribution is 8.05. The molecular weight excluding hydrogens is 442 g/mol. The number of carbonyl (C=O) groups is 2. The lowest BCUT2D eigenvalue weighted by Gasteiger charge is -2.19. The maximum atomic E-state index is 13.5. The number of nitrogens with zero attached hydrogens (tertiary/aromatic N) is 2. The molecule has 1 aliphatic heterocycles. The minimum Gasteiger partial charge on any atom is -0.351 e. The molecule has 1 fully saturated rings. The number of nitriles is 1. The average molecular weight is 468 g/mol. The molecule has 6 heteroatoms. The maximum absolute atomic E-state index is 13.5. The topological polar surface area (TPSA) is 73.2 Å². The van der Waals surface area contributed by atoms with Crippen LogP contribution < -0.4 is 10.2 Å². The number of aryl methyl sites for hydroxylation is 1. The molecule has 0 spiro atoms. The summed E-state index contributed by atoms with van der Waals surface area (Å²) in [7, 11) is 0. The Morgan fingerprint density at radius 2 is 1.59 bits per heavy atom. The number of benzene rings is 3.